The smallest absolute Gasteiger partial charge is 0.302 e. The fraction of sp³-hybridized carbons (Fsp3) is 0.862. The molecule has 0 aromatic heterocycles. The highest BCUT2D eigenvalue weighted by Crippen LogP contribution is 2.66. The summed E-state index contributed by atoms with van der Waals surface area (Å²) in [5.74, 6) is 3.74. The summed E-state index contributed by atoms with van der Waals surface area (Å²) in [6, 6.07) is 0. The van der Waals surface area contributed by atoms with Crippen LogP contribution in [0, 0.1) is 46.3 Å². The number of esters is 1. The fourth-order valence-corrected chi connectivity index (χ4v) is 8.73. The number of rotatable bonds is 6. The summed E-state index contributed by atoms with van der Waals surface area (Å²) in [6.45, 7) is 13.6. The Hall–Kier alpha value is -1.12. The number of allylic oxidation sites excluding steroid dienone is 1. The molecule has 0 aromatic carbocycles. The Kier molecular flexibility index (Phi) is 6.69. The zero-order chi connectivity index (χ0) is 23.3. The molecule has 0 bridgehead atoms. The molecule has 4 rings (SSSR count). The van der Waals surface area contributed by atoms with Crippen molar-refractivity contribution in [3.8, 4) is 0 Å². The van der Waals surface area contributed by atoms with E-state index in [2.05, 4.69) is 34.6 Å². The molecule has 0 aromatic rings. The molecule has 0 amide bonds. The van der Waals surface area contributed by atoms with Crippen LogP contribution in [0.4, 0.5) is 0 Å². The van der Waals surface area contributed by atoms with E-state index in [0.29, 0.717) is 23.0 Å². The second-order valence-electron chi connectivity index (χ2n) is 12.7. The van der Waals surface area contributed by atoms with E-state index in [-0.39, 0.29) is 23.4 Å². The lowest BCUT2D eigenvalue weighted by Gasteiger charge is -2.57. The molecule has 0 saturated heterocycles. The molecule has 180 valence electrons. The molecule has 0 spiro atoms. The Bertz CT molecular complexity index is 766. The monoisotopic (exact) mass is 442 g/mol. The van der Waals surface area contributed by atoms with Crippen molar-refractivity contribution in [2.45, 2.75) is 112 Å². The van der Waals surface area contributed by atoms with Gasteiger partial charge in [0.1, 0.15) is 6.10 Å². The quantitative estimate of drug-likeness (QED) is 0.411. The molecule has 0 heterocycles. The lowest BCUT2D eigenvalue weighted by molar-refractivity contribution is -0.149. The van der Waals surface area contributed by atoms with E-state index >= 15 is 0 Å². The molecule has 4 aliphatic rings. The first-order chi connectivity index (χ1) is 15.1. The number of carbonyl (C=O) groups is 2. The van der Waals surface area contributed by atoms with Crippen molar-refractivity contribution in [2.75, 3.05) is 0 Å². The topological polar surface area (TPSA) is 43.4 Å². The Balaban J connectivity index is 1.52. The molecule has 32 heavy (non-hydrogen) atoms. The minimum atomic E-state index is -0.202. The third-order valence-electron chi connectivity index (χ3n) is 10.4. The summed E-state index contributed by atoms with van der Waals surface area (Å²) in [4.78, 5) is 25.1. The van der Waals surface area contributed by atoms with Gasteiger partial charge in [0.05, 0.1) is 0 Å². The second-order valence-corrected chi connectivity index (χ2v) is 12.7. The van der Waals surface area contributed by atoms with Crippen LogP contribution in [0.15, 0.2) is 11.6 Å². The average Bonchev–Trinajstić information content (AvgIpc) is 3.05. The van der Waals surface area contributed by atoms with Crippen LogP contribution in [0.25, 0.3) is 0 Å². The zero-order valence-electron chi connectivity index (χ0n) is 21.4. The third-order valence-corrected chi connectivity index (χ3v) is 10.4. The van der Waals surface area contributed by atoms with Crippen LogP contribution in [-0.4, -0.2) is 17.9 Å². The van der Waals surface area contributed by atoms with Gasteiger partial charge in [-0.2, -0.15) is 0 Å². The standard InChI is InChI=1S/C29H46O3/c1-18(2)8-7-9-19(3)23-10-11-24-27-25(13-15-29(23,24)6)28(5)14-12-22(32-20(4)30)16-21(28)17-26(27)31/h17-19,22-25,27H,7-16H2,1-6H3/t19-,22-,23-,24+,25-,27-,28-,29+/m0/s1. The molecule has 0 N–H and O–H groups in total. The lowest BCUT2D eigenvalue weighted by atomic mass is 9.46. The number of ether oxygens (including phenoxy) is 1. The highest BCUT2D eigenvalue weighted by Gasteiger charge is 2.61. The summed E-state index contributed by atoms with van der Waals surface area (Å²) in [6.07, 6.45) is 13.7. The van der Waals surface area contributed by atoms with Crippen LogP contribution in [0.2, 0.25) is 0 Å². The van der Waals surface area contributed by atoms with Crippen molar-refractivity contribution in [1.82, 2.24) is 0 Å². The van der Waals surface area contributed by atoms with Gasteiger partial charge in [-0.15, -0.1) is 0 Å². The number of carbonyl (C=O) groups excluding carboxylic acids is 2. The molecule has 8 atom stereocenters. The van der Waals surface area contributed by atoms with E-state index in [4.69, 9.17) is 4.74 Å². The first-order valence-electron chi connectivity index (χ1n) is 13.5. The van der Waals surface area contributed by atoms with E-state index in [0.717, 1.165) is 37.0 Å². The Morgan fingerprint density at radius 1 is 1.06 bits per heavy atom. The van der Waals surface area contributed by atoms with E-state index in [1.165, 1.54) is 57.4 Å². The predicted octanol–water partition coefficient (Wildman–Crippen LogP) is 7.14. The van der Waals surface area contributed by atoms with Crippen LogP contribution < -0.4 is 0 Å². The molecular formula is C29H46O3. The number of hydrogen-bond acceptors (Lipinski definition) is 3. The highest BCUT2D eigenvalue weighted by atomic mass is 16.5. The fourth-order valence-electron chi connectivity index (χ4n) is 8.73. The predicted molar refractivity (Wildman–Crippen MR) is 129 cm³/mol. The van der Waals surface area contributed by atoms with E-state index in [9.17, 15) is 9.59 Å². The zero-order valence-corrected chi connectivity index (χ0v) is 21.4. The van der Waals surface area contributed by atoms with Crippen LogP contribution in [-0.2, 0) is 14.3 Å². The van der Waals surface area contributed by atoms with Gasteiger partial charge >= 0.3 is 5.97 Å². The van der Waals surface area contributed by atoms with Gasteiger partial charge in [0.15, 0.2) is 5.78 Å². The third kappa shape index (κ3) is 4.11. The summed E-state index contributed by atoms with van der Waals surface area (Å²) < 4.78 is 5.54. The Morgan fingerprint density at radius 3 is 2.50 bits per heavy atom. The van der Waals surface area contributed by atoms with E-state index in [1.54, 1.807) is 0 Å². The summed E-state index contributed by atoms with van der Waals surface area (Å²) in [5, 5.41) is 0. The summed E-state index contributed by atoms with van der Waals surface area (Å²) in [7, 11) is 0. The Morgan fingerprint density at radius 2 is 1.81 bits per heavy atom. The van der Waals surface area contributed by atoms with Gasteiger partial charge in [0, 0.05) is 19.3 Å². The van der Waals surface area contributed by atoms with Gasteiger partial charge in [-0.3, -0.25) is 9.59 Å². The summed E-state index contributed by atoms with van der Waals surface area (Å²) in [5.41, 5.74) is 1.70. The van der Waals surface area contributed by atoms with Gasteiger partial charge in [-0.1, -0.05) is 59.5 Å². The van der Waals surface area contributed by atoms with Crippen LogP contribution in [0.5, 0.6) is 0 Å². The largest absolute Gasteiger partial charge is 0.462 e. The van der Waals surface area contributed by atoms with Crippen molar-refractivity contribution < 1.29 is 14.3 Å². The number of fused-ring (bicyclic) bond motifs is 5. The maximum absolute atomic E-state index is 13.6. The van der Waals surface area contributed by atoms with Crippen molar-refractivity contribution in [1.29, 1.82) is 0 Å². The van der Waals surface area contributed by atoms with Gasteiger partial charge < -0.3 is 4.74 Å². The van der Waals surface area contributed by atoms with Crippen molar-refractivity contribution in [2.24, 2.45) is 46.3 Å². The molecule has 0 aliphatic heterocycles. The lowest BCUT2D eigenvalue weighted by Crippen LogP contribution is -2.53. The molecule has 3 heteroatoms. The maximum Gasteiger partial charge on any atom is 0.302 e. The van der Waals surface area contributed by atoms with Gasteiger partial charge in [-0.25, -0.2) is 0 Å². The molecule has 3 saturated carbocycles. The van der Waals surface area contributed by atoms with Gasteiger partial charge in [0.2, 0.25) is 0 Å². The van der Waals surface area contributed by atoms with Crippen LogP contribution in [0.3, 0.4) is 0 Å². The van der Waals surface area contributed by atoms with E-state index in [1.807, 2.05) is 6.08 Å². The van der Waals surface area contributed by atoms with Crippen LogP contribution in [0.1, 0.15) is 106 Å². The van der Waals surface area contributed by atoms with Crippen LogP contribution >= 0.6 is 0 Å². The minimum absolute atomic E-state index is 0.0485. The SMILES string of the molecule is CC(=O)O[C@H]1CC[C@@]2(C)C(=CC(=O)[C@H]3[C@H]4CC[C@@H]([C@@H](C)CCCC(C)C)[C@@]4(C)CC[C@@H]32)C1. The molecule has 0 unspecified atom stereocenters. The molecular weight excluding hydrogens is 396 g/mol. The van der Waals surface area contributed by atoms with Crippen molar-refractivity contribution >= 4 is 11.8 Å². The Labute approximate surface area is 196 Å². The minimum Gasteiger partial charge on any atom is -0.462 e. The average molecular weight is 443 g/mol. The molecule has 0 radical (unpaired) electrons. The highest BCUT2D eigenvalue weighted by molar-refractivity contribution is 5.94. The van der Waals surface area contributed by atoms with Crippen molar-refractivity contribution in [3.05, 3.63) is 11.6 Å². The maximum atomic E-state index is 13.6. The molecule has 3 nitrogen and oxygen atoms in total. The van der Waals surface area contributed by atoms with Crippen molar-refractivity contribution in [3.63, 3.8) is 0 Å². The normalized spacial score (nSPS) is 42.0. The second kappa shape index (κ2) is 8.91. The van der Waals surface area contributed by atoms with Gasteiger partial charge in [-0.05, 0) is 85.0 Å². The molecule has 4 aliphatic carbocycles. The van der Waals surface area contributed by atoms with E-state index < -0.39 is 0 Å². The number of ketones is 1. The first-order valence-corrected chi connectivity index (χ1v) is 13.5. The van der Waals surface area contributed by atoms with Gasteiger partial charge in [0.25, 0.3) is 0 Å². The molecule has 3 fully saturated rings. The summed E-state index contributed by atoms with van der Waals surface area (Å²) >= 11 is 0. The first kappa shape index (κ1) is 24.0. The number of hydrogen-bond donors (Lipinski definition) is 0.